The first kappa shape index (κ1) is 20.8. The predicted octanol–water partition coefficient (Wildman–Crippen LogP) is 4.10. The van der Waals surface area contributed by atoms with Crippen LogP contribution in [0.1, 0.15) is 38.8 Å². The molecule has 0 unspecified atom stereocenters. The SMILES string of the molecule is CC(=O)Oc1cccc(C(=O)NCc2cccc(NC(=O)c3cccc(C)c3)c2)c1. The fraction of sp³-hybridized carbons (Fsp3) is 0.125. The van der Waals surface area contributed by atoms with Crippen LogP contribution in [0.15, 0.2) is 72.8 Å². The summed E-state index contributed by atoms with van der Waals surface area (Å²) in [5.74, 6) is -0.617. The van der Waals surface area contributed by atoms with Crippen molar-refractivity contribution in [1.82, 2.24) is 5.32 Å². The van der Waals surface area contributed by atoms with E-state index in [-0.39, 0.29) is 18.4 Å². The molecule has 2 N–H and O–H groups in total. The highest BCUT2D eigenvalue weighted by atomic mass is 16.5. The molecule has 0 saturated carbocycles. The van der Waals surface area contributed by atoms with Gasteiger partial charge in [0.1, 0.15) is 5.75 Å². The van der Waals surface area contributed by atoms with Crippen molar-refractivity contribution in [2.45, 2.75) is 20.4 Å². The Morgan fingerprint density at radius 2 is 1.53 bits per heavy atom. The Morgan fingerprint density at radius 3 is 2.27 bits per heavy atom. The van der Waals surface area contributed by atoms with Crippen molar-refractivity contribution >= 4 is 23.5 Å². The minimum absolute atomic E-state index is 0.192. The number of esters is 1. The fourth-order valence-electron chi connectivity index (χ4n) is 2.90. The number of rotatable bonds is 6. The summed E-state index contributed by atoms with van der Waals surface area (Å²) in [5, 5.41) is 5.69. The van der Waals surface area contributed by atoms with Gasteiger partial charge in [-0.15, -0.1) is 0 Å². The van der Waals surface area contributed by atoms with Crippen LogP contribution in [0.25, 0.3) is 0 Å². The van der Waals surface area contributed by atoms with Crippen LogP contribution < -0.4 is 15.4 Å². The lowest BCUT2D eigenvalue weighted by molar-refractivity contribution is -0.131. The molecule has 3 rings (SSSR count). The van der Waals surface area contributed by atoms with Gasteiger partial charge >= 0.3 is 5.97 Å². The van der Waals surface area contributed by atoms with Crippen LogP contribution in [0.4, 0.5) is 5.69 Å². The van der Waals surface area contributed by atoms with Gasteiger partial charge in [0.2, 0.25) is 0 Å². The van der Waals surface area contributed by atoms with Gasteiger partial charge in [0, 0.05) is 30.3 Å². The van der Waals surface area contributed by atoms with E-state index >= 15 is 0 Å². The van der Waals surface area contributed by atoms with Gasteiger partial charge < -0.3 is 15.4 Å². The molecule has 0 atom stereocenters. The summed E-state index contributed by atoms with van der Waals surface area (Å²) in [6.45, 7) is 3.52. The van der Waals surface area contributed by atoms with Crippen LogP contribution >= 0.6 is 0 Å². The molecule has 0 aliphatic carbocycles. The Labute approximate surface area is 174 Å². The minimum atomic E-state index is -0.447. The lowest BCUT2D eigenvalue weighted by Gasteiger charge is -2.10. The number of ether oxygens (including phenoxy) is 1. The first-order chi connectivity index (χ1) is 14.4. The first-order valence-corrected chi connectivity index (χ1v) is 9.44. The van der Waals surface area contributed by atoms with E-state index in [0.717, 1.165) is 11.1 Å². The van der Waals surface area contributed by atoms with Crippen LogP contribution in [-0.4, -0.2) is 17.8 Å². The van der Waals surface area contributed by atoms with Gasteiger partial charge in [0.05, 0.1) is 0 Å². The van der Waals surface area contributed by atoms with Gasteiger partial charge in [-0.25, -0.2) is 0 Å². The maximum absolute atomic E-state index is 12.4. The zero-order valence-corrected chi connectivity index (χ0v) is 16.8. The molecule has 0 aromatic heterocycles. The van der Waals surface area contributed by atoms with Crippen LogP contribution in [0.2, 0.25) is 0 Å². The van der Waals surface area contributed by atoms with Crippen molar-refractivity contribution in [2.24, 2.45) is 0 Å². The molecule has 0 spiro atoms. The van der Waals surface area contributed by atoms with Gasteiger partial charge in [-0.2, -0.15) is 0 Å². The summed E-state index contributed by atoms with van der Waals surface area (Å²) in [6.07, 6.45) is 0. The Hall–Kier alpha value is -3.93. The second kappa shape index (κ2) is 9.52. The number of benzene rings is 3. The number of carbonyl (C=O) groups excluding carboxylic acids is 3. The molecule has 0 fully saturated rings. The first-order valence-electron chi connectivity index (χ1n) is 9.44. The zero-order valence-electron chi connectivity index (χ0n) is 16.8. The Balaban J connectivity index is 1.62. The molecule has 152 valence electrons. The predicted molar refractivity (Wildman–Crippen MR) is 114 cm³/mol. The standard InChI is InChI=1S/C24H22N2O4/c1-16-6-3-8-19(12-16)24(29)26-21-10-4-7-18(13-21)15-25-23(28)20-9-5-11-22(14-20)30-17(2)27/h3-14H,15H2,1-2H3,(H,25,28)(H,26,29). The third-order valence-electron chi connectivity index (χ3n) is 4.28. The molecule has 30 heavy (non-hydrogen) atoms. The Kier molecular flexibility index (Phi) is 6.60. The van der Waals surface area contributed by atoms with Crippen molar-refractivity contribution in [2.75, 3.05) is 5.32 Å². The Bertz CT molecular complexity index is 1090. The van der Waals surface area contributed by atoms with Crippen molar-refractivity contribution in [3.8, 4) is 5.75 Å². The number of anilines is 1. The number of nitrogens with one attached hydrogen (secondary N) is 2. The van der Waals surface area contributed by atoms with E-state index < -0.39 is 5.97 Å². The molecule has 6 nitrogen and oxygen atoms in total. The molecule has 0 heterocycles. The summed E-state index contributed by atoms with van der Waals surface area (Å²) in [4.78, 5) is 35.9. The third-order valence-corrected chi connectivity index (χ3v) is 4.28. The van der Waals surface area contributed by atoms with E-state index in [1.165, 1.54) is 13.0 Å². The molecule has 2 amide bonds. The van der Waals surface area contributed by atoms with Crippen molar-refractivity contribution in [3.05, 3.63) is 95.1 Å². The molecule has 0 bridgehead atoms. The van der Waals surface area contributed by atoms with Crippen molar-refractivity contribution in [1.29, 1.82) is 0 Å². The lowest BCUT2D eigenvalue weighted by Crippen LogP contribution is -2.23. The number of amides is 2. The smallest absolute Gasteiger partial charge is 0.308 e. The van der Waals surface area contributed by atoms with E-state index in [1.54, 1.807) is 30.3 Å². The summed E-state index contributed by atoms with van der Waals surface area (Å²) in [5.41, 5.74) is 3.46. The van der Waals surface area contributed by atoms with Gasteiger partial charge in [0.15, 0.2) is 0 Å². The van der Waals surface area contributed by atoms with Crippen LogP contribution in [0.5, 0.6) is 5.75 Å². The molecular formula is C24H22N2O4. The maximum Gasteiger partial charge on any atom is 0.308 e. The average molecular weight is 402 g/mol. The van der Waals surface area contributed by atoms with Gasteiger partial charge in [-0.3, -0.25) is 14.4 Å². The highest BCUT2D eigenvalue weighted by Crippen LogP contribution is 2.15. The lowest BCUT2D eigenvalue weighted by atomic mass is 10.1. The quantitative estimate of drug-likeness (QED) is 0.480. The summed E-state index contributed by atoms with van der Waals surface area (Å²) in [6, 6.07) is 21.0. The summed E-state index contributed by atoms with van der Waals surface area (Å²) >= 11 is 0. The monoisotopic (exact) mass is 402 g/mol. The van der Waals surface area contributed by atoms with E-state index in [1.807, 2.05) is 43.3 Å². The molecule has 3 aromatic carbocycles. The average Bonchev–Trinajstić information content (AvgIpc) is 2.72. The second-order valence-corrected chi connectivity index (χ2v) is 6.83. The van der Waals surface area contributed by atoms with Gasteiger partial charge in [0.25, 0.3) is 11.8 Å². The van der Waals surface area contributed by atoms with E-state index in [4.69, 9.17) is 4.74 Å². The molecule has 0 aliphatic heterocycles. The minimum Gasteiger partial charge on any atom is -0.427 e. The normalized spacial score (nSPS) is 10.2. The van der Waals surface area contributed by atoms with Crippen LogP contribution in [-0.2, 0) is 11.3 Å². The molecular weight excluding hydrogens is 380 g/mol. The second-order valence-electron chi connectivity index (χ2n) is 6.83. The van der Waals surface area contributed by atoms with E-state index in [2.05, 4.69) is 10.6 Å². The highest BCUT2D eigenvalue weighted by molar-refractivity contribution is 6.04. The van der Waals surface area contributed by atoms with Gasteiger partial charge in [-0.1, -0.05) is 35.9 Å². The topological polar surface area (TPSA) is 84.5 Å². The summed E-state index contributed by atoms with van der Waals surface area (Å²) < 4.78 is 5.01. The summed E-state index contributed by atoms with van der Waals surface area (Å²) in [7, 11) is 0. The fourth-order valence-corrected chi connectivity index (χ4v) is 2.90. The molecule has 3 aromatic rings. The molecule has 0 saturated heterocycles. The van der Waals surface area contributed by atoms with Crippen molar-refractivity contribution in [3.63, 3.8) is 0 Å². The van der Waals surface area contributed by atoms with Crippen LogP contribution in [0, 0.1) is 6.92 Å². The van der Waals surface area contributed by atoms with E-state index in [0.29, 0.717) is 22.6 Å². The number of aryl methyl sites for hydroxylation is 1. The zero-order chi connectivity index (χ0) is 21.5. The van der Waals surface area contributed by atoms with Crippen LogP contribution in [0.3, 0.4) is 0 Å². The van der Waals surface area contributed by atoms with Crippen molar-refractivity contribution < 1.29 is 19.1 Å². The molecule has 0 radical (unpaired) electrons. The number of carbonyl (C=O) groups is 3. The number of hydrogen-bond donors (Lipinski definition) is 2. The van der Waals surface area contributed by atoms with E-state index in [9.17, 15) is 14.4 Å². The molecule has 0 aliphatic rings. The highest BCUT2D eigenvalue weighted by Gasteiger charge is 2.09. The number of hydrogen-bond acceptors (Lipinski definition) is 4. The Morgan fingerprint density at radius 1 is 0.833 bits per heavy atom. The maximum atomic E-state index is 12.4. The third kappa shape index (κ3) is 5.78. The largest absolute Gasteiger partial charge is 0.427 e. The van der Waals surface area contributed by atoms with Gasteiger partial charge in [-0.05, 0) is 55.0 Å². The molecule has 6 heteroatoms.